The minimum Gasteiger partial charge on any atom is -0.0622 e. The molecule has 0 bridgehead atoms. The molecule has 0 heteroatoms. The minimum absolute atomic E-state index is 0.116. The van der Waals surface area contributed by atoms with E-state index in [9.17, 15) is 0 Å². The Morgan fingerprint density at radius 1 is 0.305 bits per heavy atom. The van der Waals surface area contributed by atoms with E-state index < -0.39 is 0 Å². The van der Waals surface area contributed by atoms with Gasteiger partial charge < -0.3 is 0 Å². The molecule has 12 rings (SSSR count). The molecule has 0 saturated carbocycles. The Balaban J connectivity index is 0.992. The Hall–Kier alpha value is -7.02. The van der Waals surface area contributed by atoms with Crippen LogP contribution in [-0.2, 0) is 5.41 Å². The first-order chi connectivity index (χ1) is 29.0. The molecular formula is C59H42. The fourth-order valence-corrected chi connectivity index (χ4v) is 10.9. The molecule has 9 aromatic rings. The van der Waals surface area contributed by atoms with Crippen LogP contribution < -0.4 is 0 Å². The lowest BCUT2D eigenvalue weighted by Crippen LogP contribution is -2.18. The zero-order valence-electron chi connectivity index (χ0n) is 33.3. The summed E-state index contributed by atoms with van der Waals surface area (Å²) >= 11 is 0. The molecule has 0 spiro atoms. The molecule has 9 aromatic carbocycles. The Labute approximate surface area is 347 Å². The number of benzene rings is 9. The summed E-state index contributed by atoms with van der Waals surface area (Å²) < 4.78 is 0. The van der Waals surface area contributed by atoms with Gasteiger partial charge in [-0.15, -0.1) is 0 Å². The van der Waals surface area contributed by atoms with E-state index in [1.807, 2.05) is 0 Å². The predicted octanol–water partition coefficient (Wildman–Crippen LogP) is 15.3. The third-order valence-electron chi connectivity index (χ3n) is 13.6. The highest BCUT2D eigenvalue weighted by Crippen LogP contribution is 2.59. The van der Waals surface area contributed by atoms with Crippen LogP contribution in [0.3, 0.4) is 0 Å². The second-order valence-corrected chi connectivity index (χ2v) is 17.2. The summed E-state index contributed by atoms with van der Waals surface area (Å²) in [4.78, 5) is 0. The van der Waals surface area contributed by atoms with Gasteiger partial charge in [-0.1, -0.05) is 208 Å². The molecule has 0 saturated heterocycles. The lowest BCUT2D eigenvalue weighted by atomic mass is 9.75. The summed E-state index contributed by atoms with van der Waals surface area (Å²) in [6.45, 7) is 4.85. The molecule has 0 nitrogen and oxygen atoms in total. The van der Waals surface area contributed by atoms with Crippen molar-refractivity contribution in [2.24, 2.45) is 0 Å². The third-order valence-corrected chi connectivity index (χ3v) is 13.6. The van der Waals surface area contributed by atoms with E-state index in [1.54, 1.807) is 0 Å². The van der Waals surface area contributed by atoms with Gasteiger partial charge in [0, 0.05) is 17.3 Å². The average Bonchev–Trinajstić information content (AvgIpc) is 3.89. The maximum atomic E-state index is 2.48. The molecule has 2 unspecified atom stereocenters. The van der Waals surface area contributed by atoms with E-state index in [-0.39, 0.29) is 17.3 Å². The van der Waals surface area contributed by atoms with Crippen LogP contribution in [0, 0.1) is 0 Å². The molecular weight excluding hydrogens is 709 g/mol. The van der Waals surface area contributed by atoms with Crippen molar-refractivity contribution >= 4 is 0 Å². The first-order valence-electron chi connectivity index (χ1n) is 21.0. The SMILES string of the molecule is CC1(C)c2ccccc2-c2ccc3c(c21)C(c1ccc(-c2ccccc2)cc1)c1ccc(-c2ccc4c(c2)-c2ccccc2C4c2cccc(-c4ccccc4)c2)cc1-3. The Morgan fingerprint density at radius 2 is 0.814 bits per heavy atom. The summed E-state index contributed by atoms with van der Waals surface area (Å²) in [5.41, 5.74) is 26.7. The average molecular weight is 751 g/mol. The normalized spacial score (nSPS) is 16.1. The fraction of sp³-hybridized carbons (Fsp3) is 0.0847. The maximum absolute atomic E-state index is 2.48. The number of fused-ring (bicyclic) bond motifs is 10. The lowest BCUT2D eigenvalue weighted by molar-refractivity contribution is 0.650. The number of hydrogen-bond acceptors (Lipinski definition) is 0. The molecule has 59 heavy (non-hydrogen) atoms. The first-order valence-corrected chi connectivity index (χ1v) is 21.0. The maximum Gasteiger partial charge on any atom is 0.0355 e. The van der Waals surface area contributed by atoms with Gasteiger partial charge in [0.05, 0.1) is 0 Å². The molecule has 278 valence electrons. The smallest absolute Gasteiger partial charge is 0.0355 e. The van der Waals surface area contributed by atoms with Gasteiger partial charge in [-0.25, -0.2) is 0 Å². The fourth-order valence-electron chi connectivity index (χ4n) is 10.9. The molecule has 0 heterocycles. The Morgan fingerprint density at radius 3 is 1.54 bits per heavy atom. The summed E-state index contributed by atoms with van der Waals surface area (Å²) in [7, 11) is 0. The van der Waals surface area contributed by atoms with Crippen LogP contribution in [0.4, 0.5) is 0 Å². The van der Waals surface area contributed by atoms with Crippen LogP contribution in [0.25, 0.3) is 66.8 Å². The van der Waals surface area contributed by atoms with E-state index >= 15 is 0 Å². The van der Waals surface area contributed by atoms with Crippen LogP contribution in [-0.4, -0.2) is 0 Å². The molecule has 0 N–H and O–H groups in total. The molecule has 0 aromatic heterocycles. The van der Waals surface area contributed by atoms with Crippen molar-refractivity contribution in [3.63, 3.8) is 0 Å². The van der Waals surface area contributed by atoms with Crippen LogP contribution in [0.1, 0.15) is 70.2 Å². The van der Waals surface area contributed by atoms with Gasteiger partial charge in [0.15, 0.2) is 0 Å². The van der Waals surface area contributed by atoms with Gasteiger partial charge in [0.1, 0.15) is 0 Å². The van der Waals surface area contributed by atoms with Gasteiger partial charge in [-0.2, -0.15) is 0 Å². The van der Waals surface area contributed by atoms with E-state index in [0.29, 0.717) is 0 Å². The van der Waals surface area contributed by atoms with Crippen LogP contribution in [0.15, 0.2) is 206 Å². The second kappa shape index (κ2) is 13.0. The van der Waals surface area contributed by atoms with E-state index in [4.69, 9.17) is 0 Å². The van der Waals surface area contributed by atoms with Crippen molar-refractivity contribution in [2.75, 3.05) is 0 Å². The standard InChI is InChI=1S/C59H42/c1-59(2)54-23-12-11-21-46(54)51-33-32-50-53-36-43(29-31-49(53)56(57(50)58(51)59)40-26-24-39(25-27-40)37-14-5-3-6-15-37)42-28-30-48-52(35-42)45-20-9-10-22-47(45)55(48)44-19-13-18-41(34-44)38-16-7-4-8-17-38/h3-36,55-56H,1-2H3. The Bertz CT molecular complexity index is 3110. The summed E-state index contributed by atoms with van der Waals surface area (Å²) in [5, 5.41) is 0. The van der Waals surface area contributed by atoms with Crippen LogP contribution in [0.2, 0.25) is 0 Å². The molecule has 0 fully saturated rings. The molecule has 0 radical (unpaired) electrons. The largest absolute Gasteiger partial charge is 0.0622 e. The first kappa shape index (κ1) is 34.1. The van der Waals surface area contributed by atoms with Crippen molar-refractivity contribution < 1.29 is 0 Å². The van der Waals surface area contributed by atoms with E-state index in [2.05, 4.69) is 220 Å². The Kier molecular flexibility index (Phi) is 7.50. The van der Waals surface area contributed by atoms with Crippen molar-refractivity contribution in [2.45, 2.75) is 31.1 Å². The molecule has 2 atom stereocenters. The van der Waals surface area contributed by atoms with Crippen LogP contribution in [0.5, 0.6) is 0 Å². The van der Waals surface area contributed by atoms with Crippen molar-refractivity contribution in [3.05, 3.63) is 251 Å². The van der Waals surface area contributed by atoms with Gasteiger partial charge >= 0.3 is 0 Å². The summed E-state index contributed by atoms with van der Waals surface area (Å²) in [5.74, 6) is 0.330. The number of hydrogen-bond donors (Lipinski definition) is 0. The van der Waals surface area contributed by atoms with Gasteiger partial charge in [0.25, 0.3) is 0 Å². The lowest BCUT2D eigenvalue weighted by Gasteiger charge is -2.27. The highest BCUT2D eigenvalue weighted by atomic mass is 14.5. The minimum atomic E-state index is -0.116. The number of rotatable bonds is 5. The highest BCUT2D eigenvalue weighted by molar-refractivity contribution is 5.93. The predicted molar refractivity (Wildman–Crippen MR) is 246 cm³/mol. The van der Waals surface area contributed by atoms with Crippen molar-refractivity contribution in [1.29, 1.82) is 0 Å². The monoisotopic (exact) mass is 750 g/mol. The van der Waals surface area contributed by atoms with E-state index in [0.717, 1.165) is 0 Å². The molecule has 3 aliphatic rings. The molecule has 0 aliphatic heterocycles. The zero-order valence-corrected chi connectivity index (χ0v) is 33.3. The topological polar surface area (TPSA) is 0 Å². The van der Waals surface area contributed by atoms with Crippen LogP contribution >= 0.6 is 0 Å². The van der Waals surface area contributed by atoms with Crippen molar-refractivity contribution in [3.8, 4) is 66.8 Å². The quantitative estimate of drug-likeness (QED) is 0.164. The van der Waals surface area contributed by atoms with Gasteiger partial charge in [0.2, 0.25) is 0 Å². The van der Waals surface area contributed by atoms with Gasteiger partial charge in [-0.05, 0) is 123 Å². The molecule has 3 aliphatic carbocycles. The van der Waals surface area contributed by atoms with E-state index in [1.165, 1.54) is 111 Å². The third kappa shape index (κ3) is 5.16. The summed E-state index contributed by atoms with van der Waals surface area (Å²) in [6, 6.07) is 77.4. The second-order valence-electron chi connectivity index (χ2n) is 17.2. The highest BCUT2D eigenvalue weighted by Gasteiger charge is 2.43. The summed E-state index contributed by atoms with van der Waals surface area (Å²) in [6.07, 6.45) is 0. The molecule has 0 amide bonds. The zero-order chi connectivity index (χ0) is 39.2. The van der Waals surface area contributed by atoms with Gasteiger partial charge in [-0.3, -0.25) is 0 Å². The van der Waals surface area contributed by atoms with Crippen molar-refractivity contribution in [1.82, 2.24) is 0 Å².